The van der Waals surface area contributed by atoms with Gasteiger partial charge in [0.25, 0.3) is 0 Å². The second kappa shape index (κ2) is 11.1. The Balaban J connectivity index is 0.00000280. The van der Waals surface area contributed by atoms with Crippen molar-refractivity contribution in [2.75, 3.05) is 31.6 Å². The first-order chi connectivity index (χ1) is 13.1. The van der Waals surface area contributed by atoms with Crippen LogP contribution in [-0.2, 0) is 6.54 Å². The Bertz CT molecular complexity index is 800. The van der Waals surface area contributed by atoms with Crippen molar-refractivity contribution in [1.29, 1.82) is 0 Å². The minimum atomic E-state index is 0. The van der Waals surface area contributed by atoms with E-state index in [1.165, 1.54) is 4.88 Å². The van der Waals surface area contributed by atoms with Crippen LogP contribution in [0.1, 0.15) is 23.2 Å². The number of hydrogen-bond donors (Lipinski definition) is 2. The van der Waals surface area contributed by atoms with Crippen LogP contribution in [0, 0.1) is 6.92 Å². The van der Waals surface area contributed by atoms with E-state index in [1.54, 1.807) is 18.4 Å². The van der Waals surface area contributed by atoms with Crippen molar-refractivity contribution < 1.29 is 4.74 Å². The van der Waals surface area contributed by atoms with Crippen LogP contribution in [0.4, 0.5) is 5.69 Å². The first-order valence-electron chi connectivity index (χ1n) is 9.13. The van der Waals surface area contributed by atoms with E-state index < -0.39 is 0 Å². The Morgan fingerprint density at radius 2 is 2.29 bits per heavy atom. The number of aliphatic imine (C=N–C) groups is 1. The van der Waals surface area contributed by atoms with Crippen LogP contribution >= 0.6 is 46.9 Å². The summed E-state index contributed by atoms with van der Waals surface area (Å²) in [5, 5.41) is 8.67. The summed E-state index contributed by atoms with van der Waals surface area (Å²) in [7, 11) is 1.69. The Morgan fingerprint density at radius 3 is 2.96 bits per heavy atom. The highest BCUT2D eigenvalue weighted by Crippen LogP contribution is 2.33. The zero-order valence-electron chi connectivity index (χ0n) is 16.4. The fraction of sp³-hybridized carbons (Fsp3) is 0.474. The van der Waals surface area contributed by atoms with Crippen molar-refractivity contribution >= 4 is 58.6 Å². The molecule has 1 aliphatic heterocycles. The van der Waals surface area contributed by atoms with Crippen molar-refractivity contribution in [3.05, 3.63) is 39.3 Å². The third-order valence-corrected chi connectivity index (χ3v) is 5.55. The lowest BCUT2D eigenvalue weighted by molar-refractivity contribution is 0.415. The smallest absolute Gasteiger partial charge is 0.191 e. The number of nitrogens with zero attached hydrogens (tertiary/aromatic N) is 3. The monoisotopic (exact) mass is 535 g/mol. The summed E-state index contributed by atoms with van der Waals surface area (Å²) in [6.45, 7) is 7.37. The molecule has 0 amide bonds. The second-order valence-corrected chi connectivity index (χ2v) is 8.19. The molecule has 1 aromatic heterocycles. The van der Waals surface area contributed by atoms with E-state index in [-0.39, 0.29) is 24.0 Å². The number of thiazole rings is 1. The number of ether oxygens (including phenoxy) is 1. The van der Waals surface area contributed by atoms with Crippen molar-refractivity contribution in [1.82, 2.24) is 15.6 Å². The zero-order chi connectivity index (χ0) is 19.2. The van der Waals surface area contributed by atoms with Gasteiger partial charge in [-0.15, -0.1) is 35.3 Å². The van der Waals surface area contributed by atoms with E-state index in [9.17, 15) is 0 Å². The molecular formula is C19H27ClIN5OS. The maximum absolute atomic E-state index is 6.18. The standard InChI is InChI=1S/C19H26ClN5OS.HI/c1-4-21-19(23-11-16-10-22-13(2)27-16)24-15-7-8-25(12-15)17-9-14(20)5-6-18(17)26-3;/h5-6,9-10,15H,4,7-8,11-12H2,1-3H3,(H2,21,23,24);1H. The minimum Gasteiger partial charge on any atom is -0.495 e. The molecule has 0 bridgehead atoms. The Kier molecular flexibility index (Phi) is 9.10. The van der Waals surface area contributed by atoms with E-state index in [2.05, 4.69) is 27.4 Å². The number of nitrogens with one attached hydrogen (secondary N) is 2. The summed E-state index contributed by atoms with van der Waals surface area (Å²) in [6, 6.07) is 6.05. The summed E-state index contributed by atoms with van der Waals surface area (Å²) >= 11 is 7.87. The van der Waals surface area contributed by atoms with Crippen molar-refractivity contribution in [2.24, 2.45) is 4.99 Å². The number of aromatic nitrogens is 1. The van der Waals surface area contributed by atoms with Gasteiger partial charge >= 0.3 is 0 Å². The van der Waals surface area contributed by atoms with Gasteiger partial charge in [-0.2, -0.15) is 0 Å². The molecule has 2 heterocycles. The Labute approximate surface area is 192 Å². The summed E-state index contributed by atoms with van der Waals surface area (Å²) < 4.78 is 5.50. The lowest BCUT2D eigenvalue weighted by atomic mass is 10.2. The number of benzene rings is 1. The molecule has 0 aliphatic carbocycles. The van der Waals surface area contributed by atoms with Gasteiger partial charge in [0.05, 0.1) is 24.3 Å². The molecule has 154 valence electrons. The number of rotatable bonds is 6. The molecule has 2 N–H and O–H groups in total. The maximum atomic E-state index is 6.18. The minimum absolute atomic E-state index is 0. The van der Waals surface area contributed by atoms with E-state index in [0.717, 1.165) is 53.5 Å². The number of anilines is 1. The van der Waals surface area contributed by atoms with Crippen molar-refractivity contribution in [3.63, 3.8) is 0 Å². The normalized spacial score (nSPS) is 16.6. The van der Waals surface area contributed by atoms with Gasteiger partial charge in [-0.05, 0) is 38.5 Å². The average molecular weight is 536 g/mol. The Morgan fingerprint density at radius 1 is 1.46 bits per heavy atom. The van der Waals surface area contributed by atoms with Crippen LogP contribution in [0.2, 0.25) is 5.02 Å². The number of methoxy groups -OCH3 is 1. The van der Waals surface area contributed by atoms with Crippen LogP contribution in [0.3, 0.4) is 0 Å². The van der Waals surface area contributed by atoms with Gasteiger partial charge in [0.1, 0.15) is 5.75 Å². The topological polar surface area (TPSA) is 61.8 Å². The van der Waals surface area contributed by atoms with Gasteiger partial charge in [0.15, 0.2) is 5.96 Å². The highest BCUT2D eigenvalue weighted by Gasteiger charge is 2.25. The van der Waals surface area contributed by atoms with Crippen LogP contribution in [0.25, 0.3) is 0 Å². The number of halogens is 2. The molecule has 1 fully saturated rings. The number of hydrogen-bond acceptors (Lipinski definition) is 5. The highest BCUT2D eigenvalue weighted by molar-refractivity contribution is 14.0. The van der Waals surface area contributed by atoms with Crippen molar-refractivity contribution in [2.45, 2.75) is 32.9 Å². The molecule has 1 atom stereocenters. The second-order valence-electron chi connectivity index (χ2n) is 6.43. The third kappa shape index (κ3) is 6.12. The molecular weight excluding hydrogens is 509 g/mol. The fourth-order valence-electron chi connectivity index (χ4n) is 3.16. The number of aryl methyl sites for hydroxylation is 1. The highest BCUT2D eigenvalue weighted by atomic mass is 127. The van der Waals surface area contributed by atoms with E-state index in [0.29, 0.717) is 12.6 Å². The molecule has 0 radical (unpaired) electrons. The summed E-state index contributed by atoms with van der Waals surface area (Å²) in [6.07, 6.45) is 2.93. The van der Waals surface area contributed by atoms with Gasteiger partial charge in [-0.3, -0.25) is 0 Å². The first-order valence-corrected chi connectivity index (χ1v) is 10.3. The van der Waals surface area contributed by atoms with Gasteiger partial charge < -0.3 is 20.3 Å². The van der Waals surface area contributed by atoms with E-state index >= 15 is 0 Å². The molecule has 3 rings (SSSR count). The fourth-order valence-corrected chi connectivity index (χ4v) is 4.04. The summed E-state index contributed by atoms with van der Waals surface area (Å²) in [5.41, 5.74) is 1.04. The van der Waals surface area contributed by atoms with Gasteiger partial charge in [0, 0.05) is 41.8 Å². The van der Waals surface area contributed by atoms with E-state index in [1.807, 2.05) is 31.3 Å². The van der Waals surface area contributed by atoms with Crippen LogP contribution in [0.15, 0.2) is 29.4 Å². The summed E-state index contributed by atoms with van der Waals surface area (Å²) in [5.74, 6) is 1.69. The lowest BCUT2D eigenvalue weighted by Gasteiger charge is -2.22. The molecule has 2 aromatic rings. The number of guanidine groups is 1. The largest absolute Gasteiger partial charge is 0.495 e. The molecule has 1 saturated heterocycles. The van der Waals surface area contributed by atoms with Gasteiger partial charge in [-0.1, -0.05) is 11.6 Å². The molecule has 0 spiro atoms. The van der Waals surface area contributed by atoms with Crippen LogP contribution in [0.5, 0.6) is 5.75 Å². The lowest BCUT2D eigenvalue weighted by Crippen LogP contribution is -2.44. The molecule has 1 aromatic carbocycles. The van der Waals surface area contributed by atoms with Crippen molar-refractivity contribution in [3.8, 4) is 5.75 Å². The molecule has 0 saturated carbocycles. The third-order valence-electron chi connectivity index (χ3n) is 4.42. The maximum Gasteiger partial charge on any atom is 0.191 e. The quantitative estimate of drug-likeness (QED) is 0.332. The van der Waals surface area contributed by atoms with Gasteiger partial charge in [-0.25, -0.2) is 9.98 Å². The molecule has 6 nitrogen and oxygen atoms in total. The molecule has 1 unspecified atom stereocenters. The van der Waals surface area contributed by atoms with Crippen LogP contribution in [-0.4, -0.2) is 43.7 Å². The first kappa shape index (κ1) is 23.0. The molecule has 9 heteroatoms. The predicted octanol–water partition coefficient (Wildman–Crippen LogP) is 4.07. The molecule has 28 heavy (non-hydrogen) atoms. The zero-order valence-corrected chi connectivity index (χ0v) is 20.3. The SMILES string of the molecule is CCNC(=NCc1cnc(C)s1)NC1CCN(c2cc(Cl)ccc2OC)C1.I. The van der Waals surface area contributed by atoms with E-state index in [4.69, 9.17) is 21.3 Å². The van der Waals surface area contributed by atoms with Gasteiger partial charge in [0.2, 0.25) is 0 Å². The predicted molar refractivity (Wildman–Crippen MR) is 129 cm³/mol. The van der Waals surface area contributed by atoms with Crippen LogP contribution < -0.4 is 20.3 Å². The Hall–Kier alpha value is -1.26. The summed E-state index contributed by atoms with van der Waals surface area (Å²) in [4.78, 5) is 12.5. The molecule has 1 aliphatic rings. The average Bonchev–Trinajstić information content (AvgIpc) is 3.29.